The molecule has 0 aromatic heterocycles. The van der Waals surface area contributed by atoms with Crippen LogP contribution in [0.2, 0.25) is 0 Å². The summed E-state index contributed by atoms with van der Waals surface area (Å²) in [7, 11) is 0. The first kappa shape index (κ1) is 13.4. The van der Waals surface area contributed by atoms with E-state index < -0.39 is 0 Å². The summed E-state index contributed by atoms with van der Waals surface area (Å²) in [6.45, 7) is 10.4. The third kappa shape index (κ3) is 1.91. The zero-order valence-corrected chi connectivity index (χ0v) is 13.9. The maximum atomic E-state index is 3.63. The second kappa shape index (κ2) is 4.26. The van der Waals surface area contributed by atoms with Crippen molar-refractivity contribution >= 4 is 0 Å². The molecule has 2 atom stereocenters. The molecule has 6 fully saturated rings. The molecule has 1 N–H and O–H groups in total. The van der Waals surface area contributed by atoms with Crippen molar-refractivity contribution in [3.63, 3.8) is 0 Å². The van der Waals surface area contributed by atoms with Gasteiger partial charge in [-0.05, 0) is 93.9 Å². The van der Waals surface area contributed by atoms with E-state index in [1.165, 1.54) is 26.2 Å². The van der Waals surface area contributed by atoms with E-state index in [9.17, 15) is 0 Å². The van der Waals surface area contributed by atoms with Crippen molar-refractivity contribution in [1.29, 1.82) is 0 Å². The van der Waals surface area contributed by atoms with E-state index in [-0.39, 0.29) is 0 Å². The van der Waals surface area contributed by atoms with Gasteiger partial charge in [-0.2, -0.15) is 0 Å². The first-order chi connectivity index (χ1) is 10.0. The predicted molar refractivity (Wildman–Crippen MR) is 86.1 cm³/mol. The molecule has 2 saturated heterocycles. The SMILES string of the molecule is CC1(C)C2CNCC2CN1CC12CC3CC(CC(C3)C1)C2. The Morgan fingerprint density at radius 3 is 2.14 bits per heavy atom. The Bertz CT molecular complexity index is 406. The molecule has 4 aliphatic carbocycles. The van der Waals surface area contributed by atoms with Crippen LogP contribution in [0.3, 0.4) is 0 Å². The zero-order valence-electron chi connectivity index (χ0n) is 13.9. The van der Waals surface area contributed by atoms with Gasteiger partial charge in [0.15, 0.2) is 0 Å². The third-order valence-corrected chi connectivity index (χ3v) is 8.21. The number of likely N-dealkylation sites (tertiary alicyclic amines) is 1. The average Bonchev–Trinajstić information content (AvgIpc) is 2.92. The third-order valence-electron chi connectivity index (χ3n) is 8.21. The summed E-state index contributed by atoms with van der Waals surface area (Å²) < 4.78 is 0. The minimum Gasteiger partial charge on any atom is -0.316 e. The highest BCUT2D eigenvalue weighted by Crippen LogP contribution is 2.61. The smallest absolute Gasteiger partial charge is 0.0197 e. The van der Waals surface area contributed by atoms with Gasteiger partial charge in [-0.3, -0.25) is 4.90 Å². The second-order valence-electron chi connectivity index (χ2n) is 9.98. The minimum absolute atomic E-state index is 0.428. The van der Waals surface area contributed by atoms with Crippen LogP contribution in [0.4, 0.5) is 0 Å². The van der Waals surface area contributed by atoms with Crippen LogP contribution in [-0.4, -0.2) is 36.6 Å². The van der Waals surface area contributed by atoms with Gasteiger partial charge in [0, 0.05) is 25.2 Å². The summed E-state index contributed by atoms with van der Waals surface area (Å²) in [5.41, 5.74) is 1.15. The highest BCUT2D eigenvalue weighted by Gasteiger charge is 2.55. The van der Waals surface area contributed by atoms with E-state index in [1.807, 2.05) is 0 Å². The average molecular weight is 288 g/mol. The number of hydrogen-bond acceptors (Lipinski definition) is 2. The van der Waals surface area contributed by atoms with Crippen LogP contribution in [0.5, 0.6) is 0 Å². The number of fused-ring (bicyclic) bond motifs is 1. The normalized spacial score (nSPS) is 54.3. The first-order valence-electron chi connectivity index (χ1n) is 9.50. The van der Waals surface area contributed by atoms with E-state index in [2.05, 4.69) is 24.1 Å². The van der Waals surface area contributed by atoms with Gasteiger partial charge >= 0.3 is 0 Å². The summed E-state index contributed by atoms with van der Waals surface area (Å²) in [4.78, 5) is 2.93. The van der Waals surface area contributed by atoms with Crippen molar-refractivity contribution in [3.8, 4) is 0 Å². The molecule has 4 saturated carbocycles. The van der Waals surface area contributed by atoms with Crippen molar-refractivity contribution in [2.24, 2.45) is 35.0 Å². The van der Waals surface area contributed by atoms with Gasteiger partial charge in [0.1, 0.15) is 0 Å². The summed E-state index contributed by atoms with van der Waals surface area (Å²) in [5.74, 6) is 5.12. The molecule has 21 heavy (non-hydrogen) atoms. The number of nitrogens with one attached hydrogen (secondary N) is 1. The minimum atomic E-state index is 0.428. The van der Waals surface area contributed by atoms with Crippen molar-refractivity contribution in [1.82, 2.24) is 10.2 Å². The Morgan fingerprint density at radius 1 is 0.952 bits per heavy atom. The first-order valence-corrected chi connectivity index (χ1v) is 9.50. The standard InChI is InChI=1S/C19H32N2/c1-18(2)17-10-20-9-16(17)11-21(18)12-19-6-13-3-14(7-19)5-15(4-13)8-19/h13-17,20H,3-12H2,1-2H3. The molecule has 118 valence electrons. The molecule has 2 nitrogen and oxygen atoms in total. The lowest BCUT2D eigenvalue weighted by atomic mass is 9.49. The van der Waals surface area contributed by atoms with Gasteiger partial charge in [0.05, 0.1) is 0 Å². The number of hydrogen-bond donors (Lipinski definition) is 1. The van der Waals surface area contributed by atoms with Crippen LogP contribution in [0.15, 0.2) is 0 Å². The maximum absolute atomic E-state index is 3.63. The molecular weight excluding hydrogens is 256 g/mol. The molecule has 6 rings (SSSR count). The zero-order chi connectivity index (χ0) is 14.2. The predicted octanol–water partition coefficient (Wildman–Crippen LogP) is 3.13. The monoisotopic (exact) mass is 288 g/mol. The maximum Gasteiger partial charge on any atom is 0.0197 e. The molecule has 0 radical (unpaired) electrons. The summed E-state index contributed by atoms with van der Waals surface area (Å²) >= 11 is 0. The highest BCUT2D eigenvalue weighted by atomic mass is 15.3. The Hall–Kier alpha value is -0.0800. The molecule has 2 heteroatoms. The topological polar surface area (TPSA) is 15.3 Å². The van der Waals surface area contributed by atoms with Crippen molar-refractivity contribution in [2.75, 3.05) is 26.2 Å². The summed E-state index contributed by atoms with van der Waals surface area (Å²) in [6, 6.07) is 0. The summed E-state index contributed by atoms with van der Waals surface area (Å²) in [5, 5.41) is 3.63. The Labute approximate surface area is 130 Å². The molecule has 0 spiro atoms. The molecule has 2 aliphatic heterocycles. The van der Waals surface area contributed by atoms with Gasteiger partial charge < -0.3 is 5.32 Å². The molecule has 0 amide bonds. The van der Waals surface area contributed by atoms with E-state index in [0.29, 0.717) is 5.54 Å². The van der Waals surface area contributed by atoms with Gasteiger partial charge in [-0.25, -0.2) is 0 Å². The van der Waals surface area contributed by atoms with Crippen molar-refractivity contribution in [2.45, 2.75) is 57.9 Å². The number of nitrogens with zero attached hydrogens (tertiary/aromatic N) is 1. The van der Waals surface area contributed by atoms with Crippen molar-refractivity contribution in [3.05, 3.63) is 0 Å². The lowest BCUT2D eigenvalue weighted by molar-refractivity contribution is -0.0785. The van der Waals surface area contributed by atoms with Crippen LogP contribution < -0.4 is 5.32 Å². The molecule has 4 bridgehead atoms. The number of rotatable bonds is 2. The van der Waals surface area contributed by atoms with Gasteiger partial charge in [0.25, 0.3) is 0 Å². The second-order valence-corrected chi connectivity index (χ2v) is 9.98. The Balaban J connectivity index is 1.38. The van der Waals surface area contributed by atoms with E-state index >= 15 is 0 Å². The lowest BCUT2D eigenvalue weighted by Gasteiger charge is -2.58. The fourth-order valence-corrected chi connectivity index (χ4v) is 7.66. The van der Waals surface area contributed by atoms with Gasteiger partial charge in [-0.1, -0.05) is 0 Å². The van der Waals surface area contributed by atoms with Crippen LogP contribution in [-0.2, 0) is 0 Å². The Kier molecular flexibility index (Phi) is 2.71. The van der Waals surface area contributed by atoms with Gasteiger partial charge in [0.2, 0.25) is 0 Å². The van der Waals surface area contributed by atoms with E-state index in [1.54, 1.807) is 38.5 Å². The largest absolute Gasteiger partial charge is 0.316 e. The fraction of sp³-hybridized carbons (Fsp3) is 1.00. The van der Waals surface area contributed by atoms with E-state index in [4.69, 9.17) is 0 Å². The quantitative estimate of drug-likeness (QED) is 0.840. The van der Waals surface area contributed by atoms with Crippen LogP contribution >= 0.6 is 0 Å². The van der Waals surface area contributed by atoms with Crippen LogP contribution in [0, 0.1) is 35.0 Å². The van der Waals surface area contributed by atoms with Crippen LogP contribution in [0.1, 0.15) is 52.4 Å². The lowest BCUT2D eigenvalue weighted by Crippen LogP contribution is -2.55. The molecule has 6 aliphatic rings. The molecule has 0 aromatic rings. The Morgan fingerprint density at radius 2 is 1.57 bits per heavy atom. The molecule has 2 heterocycles. The molecule has 0 aromatic carbocycles. The molecule has 2 unspecified atom stereocenters. The van der Waals surface area contributed by atoms with Crippen LogP contribution in [0.25, 0.3) is 0 Å². The van der Waals surface area contributed by atoms with E-state index in [0.717, 1.165) is 35.0 Å². The highest BCUT2D eigenvalue weighted by molar-refractivity contribution is 5.08. The molecular formula is C19H32N2. The van der Waals surface area contributed by atoms with Gasteiger partial charge in [-0.15, -0.1) is 0 Å². The fourth-order valence-electron chi connectivity index (χ4n) is 7.66. The summed E-state index contributed by atoms with van der Waals surface area (Å²) in [6.07, 6.45) is 9.45. The van der Waals surface area contributed by atoms with Crippen molar-refractivity contribution < 1.29 is 0 Å².